The number of carbonyl (C=O) groups is 2. The average molecular weight is 484 g/mol. The number of likely N-dealkylation sites (tertiary alicyclic amines) is 1. The Balaban J connectivity index is 2.00. The minimum absolute atomic E-state index is 0.0221. The van der Waals surface area contributed by atoms with Crippen LogP contribution in [0.1, 0.15) is 109 Å². The van der Waals surface area contributed by atoms with Gasteiger partial charge >= 0.3 is 5.97 Å². The maximum absolute atomic E-state index is 14.0. The van der Waals surface area contributed by atoms with E-state index in [1.165, 1.54) is 0 Å². The molecule has 2 aliphatic heterocycles. The standard InChI is InChI=1S/C29H45N3O3/c1-20(2)10-15-24(22-11-13-23(14-12-22)27(34)35)32-26(33)25(31-18-8-9-19-31)30-29(32,7)17-16-21(3)28(4,5)6/h11-14,20-21,24H,8-10,15-19H2,1-7H3,(H,34,35)/t21?,24-,29?/m1/s1. The lowest BCUT2D eigenvalue weighted by atomic mass is 9.78. The average Bonchev–Trinajstić information content (AvgIpc) is 3.40. The highest BCUT2D eigenvalue weighted by Gasteiger charge is 2.49. The number of rotatable bonds is 9. The third-order valence-corrected chi connectivity index (χ3v) is 8.08. The molecule has 6 heteroatoms. The van der Waals surface area contributed by atoms with Crippen molar-refractivity contribution in [1.29, 1.82) is 0 Å². The summed E-state index contributed by atoms with van der Waals surface area (Å²) in [4.78, 5) is 34.8. The molecular formula is C29H45N3O3. The number of amides is 1. The second-order valence-corrected chi connectivity index (χ2v) is 12.2. The lowest BCUT2D eigenvalue weighted by Gasteiger charge is -2.41. The predicted octanol–water partition coefficient (Wildman–Crippen LogP) is 6.38. The zero-order valence-electron chi connectivity index (χ0n) is 22.8. The van der Waals surface area contributed by atoms with Crippen LogP contribution in [0.5, 0.6) is 0 Å². The molecule has 1 amide bonds. The number of carboxylic acids is 1. The van der Waals surface area contributed by atoms with Gasteiger partial charge in [0.1, 0.15) is 5.66 Å². The number of aromatic carboxylic acids is 1. The fourth-order valence-corrected chi connectivity index (χ4v) is 5.15. The van der Waals surface area contributed by atoms with E-state index in [0.717, 1.165) is 57.2 Å². The summed E-state index contributed by atoms with van der Waals surface area (Å²) in [6.45, 7) is 17.4. The number of hydrogen-bond donors (Lipinski definition) is 1. The van der Waals surface area contributed by atoms with Gasteiger partial charge < -0.3 is 14.9 Å². The molecule has 0 spiro atoms. The molecule has 1 aromatic carbocycles. The fourth-order valence-electron chi connectivity index (χ4n) is 5.15. The van der Waals surface area contributed by atoms with Crippen molar-refractivity contribution in [3.05, 3.63) is 35.4 Å². The first-order valence-electron chi connectivity index (χ1n) is 13.3. The molecule has 0 radical (unpaired) electrons. The summed E-state index contributed by atoms with van der Waals surface area (Å²) in [7, 11) is 0. The molecule has 194 valence electrons. The second kappa shape index (κ2) is 10.7. The Hall–Kier alpha value is -2.37. The third kappa shape index (κ3) is 6.25. The Morgan fingerprint density at radius 3 is 2.17 bits per heavy atom. The largest absolute Gasteiger partial charge is 0.478 e. The van der Waals surface area contributed by atoms with Crippen LogP contribution >= 0.6 is 0 Å². The lowest BCUT2D eigenvalue weighted by Crippen LogP contribution is -2.48. The molecule has 1 fully saturated rings. The first kappa shape index (κ1) is 27.2. The molecule has 0 bridgehead atoms. The summed E-state index contributed by atoms with van der Waals surface area (Å²) in [5.74, 6) is 0.693. The summed E-state index contributed by atoms with van der Waals surface area (Å²) in [6, 6.07) is 6.93. The molecule has 1 saturated heterocycles. The van der Waals surface area contributed by atoms with E-state index >= 15 is 0 Å². The number of aliphatic imine (C=N–C) groups is 1. The van der Waals surface area contributed by atoms with Gasteiger partial charge in [0.05, 0.1) is 11.6 Å². The quantitative estimate of drug-likeness (QED) is 0.442. The Morgan fingerprint density at radius 2 is 1.66 bits per heavy atom. The van der Waals surface area contributed by atoms with E-state index in [2.05, 4.69) is 53.4 Å². The first-order valence-corrected chi connectivity index (χ1v) is 13.3. The molecule has 2 heterocycles. The Labute approximate surface area is 211 Å². The summed E-state index contributed by atoms with van der Waals surface area (Å²) in [5.41, 5.74) is 0.813. The highest BCUT2D eigenvalue weighted by atomic mass is 16.4. The minimum Gasteiger partial charge on any atom is -0.478 e. The Morgan fingerprint density at radius 1 is 1.06 bits per heavy atom. The fraction of sp³-hybridized carbons (Fsp3) is 0.690. The molecule has 3 rings (SSSR count). The number of benzene rings is 1. The third-order valence-electron chi connectivity index (χ3n) is 8.08. The van der Waals surface area contributed by atoms with Crippen molar-refractivity contribution in [1.82, 2.24) is 9.80 Å². The van der Waals surface area contributed by atoms with Crippen molar-refractivity contribution in [3.63, 3.8) is 0 Å². The minimum atomic E-state index is -0.937. The van der Waals surface area contributed by atoms with Crippen LogP contribution in [0.2, 0.25) is 0 Å². The molecule has 2 unspecified atom stereocenters. The van der Waals surface area contributed by atoms with Gasteiger partial charge in [-0.1, -0.05) is 53.7 Å². The van der Waals surface area contributed by atoms with E-state index in [9.17, 15) is 14.7 Å². The lowest BCUT2D eigenvalue weighted by molar-refractivity contribution is -0.132. The van der Waals surface area contributed by atoms with E-state index in [-0.39, 0.29) is 22.9 Å². The van der Waals surface area contributed by atoms with Gasteiger partial charge in [0.15, 0.2) is 5.84 Å². The van der Waals surface area contributed by atoms with Crippen LogP contribution < -0.4 is 0 Å². The van der Waals surface area contributed by atoms with E-state index < -0.39 is 11.6 Å². The van der Waals surface area contributed by atoms with Gasteiger partial charge in [0.2, 0.25) is 0 Å². The van der Waals surface area contributed by atoms with E-state index in [0.29, 0.717) is 17.7 Å². The molecule has 3 atom stereocenters. The monoisotopic (exact) mass is 483 g/mol. The van der Waals surface area contributed by atoms with Gasteiger partial charge in [0.25, 0.3) is 5.91 Å². The zero-order chi connectivity index (χ0) is 26.0. The van der Waals surface area contributed by atoms with Gasteiger partial charge in [-0.3, -0.25) is 4.79 Å². The van der Waals surface area contributed by atoms with Gasteiger partial charge in [-0.2, -0.15) is 0 Å². The van der Waals surface area contributed by atoms with Crippen molar-refractivity contribution in [2.45, 2.75) is 98.7 Å². The van der Waals surface area contributed by atoms with Crippen LogP contribution in [0.4, 0.5) is 0 Å². The number of hydrogen-bond acceptors (Lipinski definition) is 4. The van der Waals surface area contributed by atoms with Crippen molar-refractivity contribution >= 4 is 17.7 Å². The van der Waals surface area contributed by atoms with Crippen LogP contribution in [0, 0.1) is 17.3 Å². The van der Waals surface area contributed by atoms with Gasteiger partial charge in [-0.05, 0) is 80.4 Å². The van der Waals surface area contributed by atoms with Crippen LogP contribution in [0.25, 0.3) is 0 Å². The van der Waals surface area contributed by atoms with Crippen LogP contribution in [-0.4, -0.2) is 51.4 Å². The second-order valence-electron chi connectivity index (χ2n) is 12.2. The SMILES string of the molecule is CC(C)CC[C@H](c1ccc(C(=O)O)cc1)N1C(=O)C(N2CCCC2)=NC1(C)CCC(C)C(C)(C)C. The number of carbonyl (C=O) groups excluding carboxylic acids is 1. The summed E-state index contributed by atoms with van der Waals surface area (Å²) >= 11 is 0. The molecule has 0 saturated carbocycles. The van der Waals surface area contributed by atoms with Crippen LogP contribution in [0.15, 0.2) is 29.3 Å². The Bertz CT molecular complexity index is 925. The Kier molecular flexibility index (Phi) is 8.33. The summed E-state index contributed by atoms with van der Waals surface area (Å²) in [6.07, 6.45) is 5.77. The predicted molar refractivity (Wildman–Crippen MR) is 142 cm³/mol. The zero-order valence-corrected chi connectivity index (χ0v) is 22.8. The highest BCUT2D eigenvalue weighted by molar-refractivity contribution is 6.39. The van der Waals surface area contributed by atoms with E-state index in [4.69, 9.17) is 4.99 Å². The van der Waals surface area contributed by atoms with Crippen molar-refractivity contribution in [2.75, 3.05) is 13.1 Å². The topological polar surface area (TPSA) is 73.2 Å². The molecule has 35 heavy (non-hydrogen) atoms. The number of nitrogens with zero attached hydrogens (tertiary/aromatic N) is 3. The van der Waals surface area contributed by atoms with Crippen molar-refractivity contribution in [3.8, 4) is 0 Å². The summed E-state index contributed by atoms with van der Waals surface area (Å²) in [5, 5.41) is 9.38. The van der Waals surface area contributed by atoms with Gasteiger partial charge in [-0.25, -0.2) is 9.79 Å². The molecular weight excluding hydrogens is 438 g/mol. The van der Waals surface area contributed by atoms with Crippen LogP contribution in [0.3, 0.4) is 0 Å². The molecule has 2 aliphatic rings. The molecule has 6 nitrogen and oxygen atoms in total. The van der Waals surface area contributed by atoms with E-state index in [1.54, 1.807) is 12.1 Å². The van der Waals surface area contributed by atoms with Gasteiger partial charge in [-0.15, -0.1) is 0 Å². The first-order chi connectivity index (χ1) is 16.3. The highest BCUT2D eigenvalue weighted by Crippen LogP contribution is 2.42. The van der Waals surface area contributed by atoms with Gasteiger partial charge in [0, 0.05) is 13.1 Å². The molecule has 0 aliphatic carbocycles. The number of carboxylic acid groups (broad SMARTS) is 1. The van der Waals surface area contributed by atoms with E-state index in [1.807, 2.05) is 17.0 Å². The molecule has 0 aromatic heterocycles. The maximum atomic E-state index is 14.0. The van der Waals surface area contributed by atoms with Crippen molar-refractivity contribution < 1.29 is 14.7 Å². The van der Waals surface area contributed by atoms with Crippen LogP contribution in [-0.2, 0) is 4.79 Å². The smallest absolute Gasteiger partial charge is 0.335 e. The van der Waals surface area contributed by atoms with Crippen molar-refractivity contribution in [2.24, 2.45) is 22.2 Å². The normalized spacial score (nSPS) is 22.6. The molecule has 1 aromatic rings. The maximum Gasteiger partial charge on any atom is 0.335 e. The molecule has 1 N–H and O–H groups in total. The number of amidine groups is 1. The summed E-state index contributed by atoms with van der Waals surface area (Å²) < 4.78 is 0.